The molecule has 0 aliphatic carbocycles. The number of anilines is 1. The summed E-state index contributed by atoms with van der Waals surface area (Å²) in [5.41, 5.74) is 0.536. The summed E-state index contributed by atoms with van der Waals surface area (Å²) in [6.07, 6.45) is 1.79. The molecule has 19 heavy (non-hydrogen) atoms. The molecule has 2 N–H and O–H groups in total. The van der Waals surface area contributed by atoms with Gasteiger partial charge >= 0.3 is 0 Å². The van der Waals surface area contributed by atoms with Crippen molar-refractivity contribution >= 4 is 23.2 Å². The van der Waals surface area contributed by atoms with Gasteiger partial charge in [0.05, 0.1) is 5.02 Å². The number of benzene rings is 1. The first-order valence-electron chi connectivity index (χ1n) is 6.49. The van der Waals surface area contributed by atoms with Crippen LogP contribution in [-0.2, 0) is 4.79 Å². The van der Waals surface area contributed by atoms with Crippen molar-refractivity contribution in [2.75, 3.05) is 5.32 Å². The van der Waals surface area contributed by atoms with Crippen LogP contribution < -0.4 is 10.6 Å². The van der Waals surface area contributed by atoms with E-state index in [0.29, 0.717) is 5.69 Å². The molecular weight excluding hydrogens is 267 g/mol. The lowest BCUT2D eigenvalue weighted by atomic mass is 10.1. The Morgan fingerprint density at radius 2 is 2.00 bits per heavy atom. The van der Waals surface area contributed by atoms with Gasteiger partial charge in [-0.3, -0.25) is 4.79 Å². The minimum absolute atomic E-state index is 0.0692. The SMILES string of the molecule is CCC(CC)NC(=O)C(C)Nc1ccc(Cl)c(F)c1. The molecule has 0 radical (unpaired) electrons. The Morgan fingerprint density at radius 1 is 1.37 bits per heavy atom. The van der Waals surface area contributed by atoms with E-state index in [1.54, 1.807) is 13.0 Å². The average Bonchev–Trinajstić information content (AvgIpc) is 2.39. The molecule has 1 aromatic carbocycles. The summed E-state index contributed by atoms with van der Waals surface area (Å²) in [6, 6.07) is 4.14. The van der Waals surface area contributed by atoms with Gasteiger partial charge in [0, 0.05) is 11.7 Å². The van der Waals surface area contributed by atoms with Crippen molar-refractivity contribution in [3.63, 3.8) is 0 Å². The van der Waals surface area contributed by atoms with Crippen molar-refractivity contribution < 1.29 is 9.18 Å². The molecule has 0 aliphatic rings. The molecular formula is C14H20ClFN2O. The quantitative estimate of drug-likeness (QED) is 0.839. The molecule has 106 valence electrons. The first-order chi connectivity index (χ1) is 8.97. The zero-order valence-electron chi connectivity index (χ0n) is 11.5. The lowest BCUT2D eigenvalue weighted by Crippen LogP contribution is -2.42. The van der Waals surface area contributed by atoms with Crippen molar-refractivity contribution in [3.8, 4) is 0 Å². The maximum Gasteiger partial charge on any atom is 0.242 e. The summed E-state index contributed by atoms with van der Waals surface area (Å²) in [5.74, 6) is -0.594. The van der Waals surface area contributed by atoms with Gasteiger partial charge in [0.2, 0.25) is 5.91 Å². The van der Waals surface area contributed by atoms with Crippen molar-refractivity contribution in [2.24, 2.45) is 0 Å². The third kappa shape index (κ3) is 4.71. The Hall–Kier alpha value is -1.29. The zero-order chi connectivity index (χ0) is 14.4. The Morgan fingerprint density at radius 3 is 2.53 bits per heavy atom. The maximum absolute atomic E-state index is 13.3. The second-order valence-electron chi connectivity index (χ2n) is 4.52. The van der Waals surface area contributed by atoms with Crippen molar-refractivity contribution in [3.05, 3.63) is 29.0 Å². The van der Waals surface area contributed by atoms with Crippen molar-refractivity contribution in [1.82, 2.24) is 5.32 Å². The number of rotatable bonds is 6. The minimum Gasteiger partial charge on any atom is -0.374 e. The second-order valence-corrected chi connectivity index (χ2v) is 4.92. The first kappa shape index (κ1) is 15.8. The van der Waals surface area contributed by atoms with E-state index in [9.17, 15) is 9.18 Å². The van der Waals surface area contributed by atoms with E-state index < -0.39 is 11.9 Å². The average molecular weight is 287 g/mol. The van der Waals surface area contributed by atoms with Crippen LogP contribution in [0.2, 0.25) is 5.02 Å². The molecule has 0 aliphatic heterocycles. The Balaban J connectivity index is 2.60. The summed E-state index contributed by atoms with van der Waals surface area (Å²) in [4.78, 5) is 11.9. The molecule has 1 aromatic rings. The number of carbonyl (C=O) groups excluding carboxylic acids is 1. The van der Waals surface area contributed by atoms with E-state index in [-0.39, 0.29) is 17.0 Å². The molecule has 0 heterocycles. The highest BCUT2D eigenvalue weighted by molar-refractivity contribution is 6.30. The smallest absolute Gasteiger partial charge is 0.242 e. The normalized spacial score (nSPS) is 12.3. The van der Waals surface area contributed by atoms with Crippen LogP contribution in [0.15, 0.2) is 18.2 Å². The van der Waals surface area contributed by atoms with Crippen LogP contribution in [0.1, 0.15) is 33.6 Å². The number of nitrogens with one attached hydrogen (secondary N) is 2. The molecule has 1 unspecified atom stereocenters. The standard InChI is InChI=1S/C14H20ClFN2O/c1-4-10(5-2)18-14(19)9(3)17-11-6-7-12(15)13(16)8-11/h6-10,17H,4-5H2,1-3H3,(H,18,19). The lowest BCUT2D eigenvalue weighted by molar-refractivity contribution is -0.122. The van der Waals surface area contributed by atoms with Gasteiger partial charge in [-0.25, -0.2) is 4.39 Å². The van der Waals surface area contributed by atoms with Gasteiger partial charge in [-0.2, -0.15) is 0 Å². The Labute approximate surface area is 118 Å². The molecule has 1 rings (SSSR count). The highest BCUT2D eigenvalue weighted by Gasteiger charge is 2.15. The molecule has 0 saturated carbocycles. The van der Waals surface area contributed by atoms with Crippen LogP contribution in [0, 0.1) is 5.82 Å². The molecule has 1 amide bonds. The molecule has 5 heteroatoms. The van der Waals surface area contributed by atoms with Crippen molar-refractivity contribution in [1.29, 1.82) is 0 Å². The van der Waals surface area contributed by atoms with Gasteiger partial charge in [0.25, 0.3) is 0 Å². The van der Waals surface area contributed by atoms with Crippen LogP contribution in [0.3, 0.4) is 0 Å². The Bertz CT molecular complexity index is 435. The number of carbonyl (C=O) groups is 1. The van der Waals surface area contributed by atoms with Crippen LogP contribution in [0.25, 0.3) is 0 Å². The third-order valence-electron chi connectivity index (χ3n) is 3.03. The third-order valence-corrected chi connectivity index (χ3v) is 3.33. The first-order valence-corrected chi connectivity index (χ1v) is 6.87. The molecule has 0 bridgehead atoms. The highest BCUT2D eigenvalue weighted by Crippen LogP contribution is 2.19. The van der Waals surface area contributed by atoms with E-state index in [4.69, 9.17) is 11.6 Å². The van der Waals surface area contributed by atoms with E-state index in [0.717, 1.165) is 12.8 Å². The van der Waals surface area contributed by atoms with Gasteiger partial charge in [-0.05, 0) is 38.0 Å². The van der Waals surface area contributed by atoms with Gasteiger partial charge in [0.15, 0.2) is 0 Å². The minimum atomic E-state index is -0.501. The molecule has 0 aromatic heterocycles. The van der Waals surface area contributed by atoms with Crippen LogP contribution in [-0.4, -0.2) is 18.0 Å². The van der Waals surface area contributed by atoms with Crippen LogP contribution in [0.5, 0.6) is 0 Å². The van der Waals surface area contributed by atoms with Gasteiger partial charge in [0.1, 0.15) is 11.9 Å². The predicted octanol–water partition coefficient (Wildman–Crippen LogP) is 3.58. The fourth-order valence-corrected chi connectivity index (χ4v) is 1.84. The maximum atomic E-state index is 13.3. The molecule has 0 spiro atoms. The summed E-state index contributed by atoms with van der Waals surface area (Å²) in [7, 11) is 0. The summed E-state index contributed by atoms with van der Waals surface area (Å²) in [6.45, 7) is 5.80. The monoisotopic (exact) mass is 286 g/mol. The van der Waals surface area contributed by atoms with E-state index >= 15 is 0 Å². The Kier molecular flexibility index (Phi) is 6.09. The van der Waals surface area contributed by atoms with E-state index in [1.807, 2.05) is 13.8 Å². The van der Waals surface area contributed by atoms with Crippen LogP contribution in [0.4, 0.5) is 10.1 Å². The summed E-state index contributed by atoms with van der Waals surface area (Å²) in [5, 5.41) is 5.96. The zero-order valence-corrected chi connectivity index (χ0v) is 12.2. The largest absolute Gasteiger partial charge is 0.374 e. The highest BCUT2D eigenvalue weighted by atomic mass is 35.5. The van der Waals surface area contributed by atoms with Gasteiger partial charge < -0.3 is 10.6 Å². The van der Waals surface area contributed by atoms with E-state index in [2.05, 4.69) is 10.6 Å². The lowest BCUT2D eigenvalue weighted by Gasteiger charge is -2.20. The summed E-state index contributed by atoms with van der Waals surface area (Å²) < 4.78 is 13.3. The van der Waals surface area contributed by atoms with Crippen LogP contribution >= 0.6 is 11.6 Å². The number of halogens is 2. The van der Waals surface area contributed by atoms with E-state index in [1.165, 1.54) is 12.1 Å². The summed E-state index contributed by atoms with van der Waals surface area (Å²) >= 11 is 5.60. The van der Waals surface area contributed by atoms with Crippen molar-refractivity contribution in [2.45, 2.75) is 45.7 Å². The topological polar surface area (TPSA) is 41.1 Å². The predicted molar refractivity (Wildman–Crippen MR) is 77.0 cm³/mol. The fourth-order valence-electron chi connectivity index (χ4n) is 1.72. The molecule has 1 atom stereocenters. The fraction of sp³-hybridized carbons (Fsp3) is 0.500. The number of hydrogen-bond acceptors (Lipinski definition) is 2. The second kappa shape index (κ2) is 7.34. The molecule has 0 fully saturated rings. The van der Waals surface area contributed by atoms with Gasteiger partial charge in [-0.15, -0.1) is 0 Å². The molecule has 0 saturated heterocycles. The number of amides is 1. The number of hydrogen-bond donors (Lipinski definition) is 2. The van der Waals surface area contributed by atoms with Gasteiger partial charge in [-0.1, -0.05) is 25.4 Å². The molecule has 3 nitrogen and oxygen atoms in total.